The van der Waals surface area contributed by atoms with Crippen LogP contribution in [-0.4, -0.2) is 28.7 Å². The first kappa shape index (κ1) is 20.2. The molecule has 0 N–H and O–H groups in total. The van der Waals surface area contributed by atoms with Crippen LogP contribution in [0.15, 0.2) is 36.4 Å². The number of fused-ring (bicyclic) bond motifs is 1. The molecule has 0 unspecified atom stereocenters. The van der Waals surface area contributed by atoms with Gasteiger partial charge in [0, 0.05) is 5.02 Å². The molecule has 0 atom stereocenters. The maximum absolute atomic E-state index is 12.2. The highest BCUT2D eigenvalue weighted by Gasteiger charge is 2.17. The summed E-state index contributed by atoms with van der Waals surface area (Å²) in [6.45, 7) is 7.42. The molecule has 0 aliphatic heterocycles. The molecule has 0 amide bonds. The lowest BCUT2D eigenvalue weighted by atomic mass is 10.1. The molecular formula is C22H25ClN2O3. The van der Waals surface area contributed by atoms with E-state index in [4.69, 9.17) is 21.1 Å². The Morgan fingerprint density at radius 3 is 2.75 bits per heavy atom. The van der Waals surface area contributed by atoms with Crippen molar-refractivity contribution in [1.29, 1.82) is 0 Å². The van der Waals surface area contributed by atoms with E-state index in [1.807, 2.05) is 37.3 Å². The first-order chi connectivity index (χ1) is 13.5. The summed E-state index contributed by atoms with van der Waals surface area (Å²) in [4.78, 5) is 16.8. The average Bonchev–Trinajstić information content (AvgIpc) is 2.99. The van der Waals surface area contributed by atoms with Crippen molar-refractivity contribution in [2.24, 2.45) is 0 Å². The number of para-hydroxylation sites is 1. The molecule has 5 nitrogen and oxygen atoms in total. The van der Waals surface area contributed by atoms with E-state index >= 15 is 0 Å². The van der Waals surface area contributed by atoms with Crippen LogP contribution in [0.2, 0.25) is 5.02 Å². The molecule has 0 saturated heterocycles. The Morgan fingerprint density at radius 1 is 1.21 bits per heavy atom. The van der Waals surface area contributed by atoms with Crippen molar-refractivity contribution >= 4 is 28.6 Å². The zero-order valence-electron chi connectivity index (χ0n) is 16.5. The summed E-state index contributed by atoms with van der Waals surface area (Å²) >= 11 is 6.50. The van der Waals surface area contributed by atoms with Gasteiger partial charge in [0.1, 0.15) is 17.1 Å². The highest BCUT2D eigenvalue weighted by Crippen LogP contribution is 2.27. The van der Waals surface area contributed by atoms with Crippen molar-refractivity contribution in [2.45, 2.75) is 40.2 Å². The molecule has 2 aromatic carbocycles. The van der Waals surface area contributed by atoms with E-state index in [0.29, 0.717) is 35.9 Å². The molecule has 0 saturated carbocycles. The zero-order chi connectivity index (χ0) is 20.1. The number of nitrogens with zero attached hydrogens (tertiary/aromatic N) is 2. The number of halogens is 1. The number of esters is 1. The molecule has 0 aliphatic carbocycles. The van der Waals surface area contributed by atoms with Crippen molar-refractivity contribution in [3.05, 3.63) is 58.4 Å². The van der Waals surface area contributed by atoms with Crippen molar-refractivity contribution in [1.82, 2.24) is 9.55 Å². The minimum atomic E-state index is -0.357. The molecule has 0 radical (unpaired) electrons. The second-order valence-corrected chi connectivity index (χ2v) is 7.00. The number of unbranched alkanes of at least 4 members (excludes halogenated alkanes) is 1. The minimum Gasteiger partial charge on any atom is -0.494 e. The third-order valence-corrected chi connectivity index (χ3v) is 4.94. The van der Waals surface area contributed by atoms with E-state index < -0.39 is 0 Å². The maximum atomic E-state index is 12.2. The van der Waals surface area contributed by atoms with Crippen molar-refractivity contribution in [2.75, 3.05) is 13.2 Å². The van der Waals surface area contributed by atoms with Crippen molar-refractivity contribution in [3.63, 3.8) is 0 Å². The third-order valence-electron chi connectivity index (χ3n) is 4.58. The fourth-order valence-electron chi connectivity index (χ4n) is 3.09. The first-order valence-corrected chi connectivity index (χ1v) is 9.97. The van der Waals surface area contributed by atoms with E-state index in [9.17, 15) is 4.79 Å². The minimum absolute atomic E-state index is 0.331. The van der Waals surface area contributed by atoms with Gasteiger partial charge in [-0.15, -0.1) is 0 Å². The first-order valence-electron chi connectivity index (χ1n) is 9.59. The standard InChI is InChI=1S/C22H25ClN2O3/c1-4-6-12-28-17-11-10-16(19(23)13-17)14-25-15(3)24-21-18(22(26)27-5-2)8-7-9-20(21)25/h7-11,13H,4-6,12,14H2,1-3H3. The van der Waals surface area contributed by atoms with Crippen LogP contribution in [0, 0.1) is 6.92 Å². The van der Waals surface area contributed by atoms with Gasteiger partial charge in [-0.05, 0) is 50.1 Å². The number of imidazole rings is 1. The van der Waals surface area contributed by atoms with E-state index in [1.165, 1.54) is 0 Å². The molecule has 0 spiro atoms. The van der Waals surface area contributed by atoms with Crippen LogP contribution in [0.1, 0.15) is 48.4 Å². The molecule has 3 rings (SSSR count). The van der Waals surface area contributed by atoms with E-state index in [2.05, 4.69) is 16.5 Å². The number of carbonyl (C=O) groups is 1. The molecule has 6 heteroatoms. The van der Waals surface area contributed by atoms with Gasteiger partial charge in [0.15, 0.2) is 0 Å². The summed E-state index contributed by atoms with van der Waals surface area (Å²) in [7, 11) is 0. The number of hydrogen-bond donors (Lipinski definition) is 0. The van der Waals surface area contributed by atoms with Gasteiger partial charge in [-0.1, -0.05) is 37.1 Å². The third kappa shape index (κ3) is 4.30. The summed E-state index contributed by atoms with van der Waals surface area (Å²) in [6, 6.07) is 11.3. The van der Waals surface area contributed by atoms with Crippen LogP contribution in [0.25, 0.3) is 11.0 Å². The van der Waals surface area contributed by atoms with Crippen LogP contribution in [-0.2, 0) is 11.3 Å². The lowest BCUT2D eigenvalue weighted by Crippen LogP contribution is -2.06. The Balaban J connectivity index is 1.89. The topological polar surface area (TPSA) is 53.4 Å². The van der Waals surface area contributed by atoms with Crippen molar-refractivity contribution < 1.29 is 14.3 Å². The molecule has 0 aliphatic rings. The van der Waals surface area contributed by atoms with E-state index in [-0.39, 0.29) is 5.97 Å². The number of ether oxygens (including phenoxy) is 2. The highest BCUT2D eigenvalue weighted by atomic mass is 35.5. The van der Waals surface area contributed by atoms with Crippen LogP contribution >= 0.6 is 11.6 Å². The largest absolute Gasteiger partial charge is 0.494 e. The monoisotopic (exact) mass is 400 g/mol. The van der Waals surface area contributed by atoms with E-state index in [1.54, 1.807) is 13.0 Å². The summed E-state index contributed by atoms with van der Waals surface area (Å²) in [5.41, 5.74) is 2.97. The molecule has 3 aromatic rings. The fourth-order valence-corrected chi connectivity index (χ4v) is 3.32. The van der Waals surface area contributed by atoms with Gasteiger partial charge in [-0.3, -0.25) is 0 Å². The van der Waals surface area contributed by atoms with Gasteiger partial charge >= 0.3 is 5.97 Å². The van der Waals surface area contributed by atoms with Gasteiger partial charge in [-0.2, -0.15) is 0 Å². The summed E-state index contributed by atoms with van der Waals surface area (Å²) < 4.78 is 12.9. The Kier molecular flexibility index (Phi) is 6.57. The Hall–Kier alpha value is -2.53. The predicted octanol–water partition coefficient (Wildman–Crippen LogP) is 5.40. The molecule has 1 aromatic heterocycles. The SMILES string of the molecule is CCCCOc1ccc(Cn2c(C)nc3c(C(=O)OCC)cccc32)c(Cl)c1. The highest BCUT2D eigenvalue weighted by molar-refractivity contribution is 6.31. The van der Waals surface area contributed by atoms with E-state index in [0.717, 1.165) is 35.5 Å². The Labute approximate surface area is 170 Å². The van der Waals surface area contributed by atoms with Crippen molar-refractivity contribution in [3.8, 4) is 5.75 Å². The summed E-state index contributed by atoms with van der Waals surface area (Å²) in [5, 5.41) is 0.650. The quantitative estimate of drug-likeness (QED) is 0.375. The number of hydrogen-bond acceptors (Lipinski definition) is 4. The smallest absolute Gasteiger partial charge is 0.340 e. The molecular weight excluding hydrogens is 376 g/mol. The van der Waals surface area contributed by atoms with Crippen LogP contribution in [0.4, 0.5) is 0 Å². The predicted molar refractivity (Wildman–Crippen MR) is 111 cm³/mol. The molecule has 1 heterocycles. The number of aryl methyl sites for hydroxylation is 1. The number of benzene rings is 2. The molecule has 0 fully saturated rings. The number of rotatable bonds is 8. The fraction of sp³-hybridized carbons (Fsp3) is 0.364. The van der Waals surface area contributed by atoms with Gasteiger partial charge in [0.25, 0.3) is 0 Å². The second-order valence-electron chi connectivity index (χ2n) is 6.59. The van der Waals surface area contributed by atoms with Gasteiger partial charge in [0.2, 0.25) is 0 Å². The molecule has 148 valence electrons. The Bertz CT molecular complexity index is 981. The van der Waals surface area contributed by atoms with Gasteiger partial charge in [0.05, 0.1) is 30.8 Å². The van der Waals surface area contributed by atoms with Crippen LogP contribution in [0.3, 0.4) is 0 Å². The second kappa shape index (κ2) is 9.11. The van der Waals surface area contributed by atoms with Crippen LogP contribution < -0.4 is 4.74 Å². The number of carbonyl (C=O) groups excluding carboxylic acids is 1. The maximum Gasteiger partial charge on any atom is 0.340 e. The Morgan fingerprint density at radius 2 is 2.04 bits per heavy atom. The van der Waals surface area contributed by atoms with Gasteiger partial charge in [-0.25, -0.2) is 9.78 Å². The lowest BCUT2D eigenvalue weighted by Gasteiger charge is -2.11. The average molecular weight is 401 g/mol. The number of aromatic nitrogens is 2. The van der Waals surface area contributed by atoms with Crippen LogP contribution in [0.5, 0.6) is 5.75 Å². The molecule has 0 bridgehead atoms. The zero-order valence-corrected chi connectivity index (χ0v) is 17.3. The lowest BCUT2D eigenvalue weighted by molar-refractivity contribution is 0.0528. The summed E-state index contributed by atoms with van der Waals surface area (Å²) in [5.74, 6) is 1.23. The summed E-state index contributed by atoms with van der Waals surface area (Å²) in [6.07, 6.45) is 2.11. The van der Waals surface area contributed by atoms with Gasteiger partial charge < -0.3 is 14.0 Å². The molecule has 28 heavy (non-hydrogen) atoms. The normalized spacial score (nSPS) is 11.0.